The second-order valence-electron chi connectivity index (χ2n) is 14.4. The highest BCUT2D eigenvalue weighted by atomic mass is 16.6. The van der Waals surface area contributed by atoms with Crippen molar-refractivity contribution in [1.82, 2.24) is 0 Å². The van der Waals surface area contributed by atoms with E-state index in [9.17, 15) is 15.0 Å². The Morgan fingerprint density at radius 2 is 1.62 bits per heavy atom. The Morgan fingerprint density at radius 3 is 2.32 bits per heavy atom. The number of aliphatic hydroxyl groups excluding tert-OH is 2. The predicted molar refractivity (Wildman–Crippen MR) is 150 cm³/mol. The maximum absolute atomic E-state index is 13.9. The molecule has 5 rings (SSSR count). The number of ether oxygens (including phenoxy) is 1. The SMILES string of the molecule is CC.CC(C)C1CC(O)OC(C(C)C2CC(=O)C3C4CC[C@@H](O)CC5CCCC[C@]5(C)C4CC[C@]23C)C1. The van der Waals surface area contributed by atoms with Crippen LogP contribution in [0.1, 0.15) is 126 Å². The molecule has 2 N–H and O–H groups in total. The van der Waals surface area contributed by atoms with Gasteiger partial charge in [0, 0.05) is 18.8 Å². The summed E-state index contributed by atoms with van der Waals surface area (Å²) in [6, 6.07) is 0. The average Bonchev–Trinajstić information content (AvgIpc) is 3.14. The number of aliphatic hydroxyl groups is 2. The summed E-state index contributed by atoms with van der Waals surface area (Å²) in [5.41, 5.74) is 0.290. The highest BCUT2D eigenvalue weighted by Crippen LogP contribution is 2.66. The Bertz CT molecular complexity index is 780. The van der Waals surface area contributed by atoms with Crippen molar-refractivity contribution in [3.8, 4) is 0 Å². The molecular formula is C33H58O4. The van der Waals surface area contributed by atoms with E-state index in [0.717, 1.165) is 38.5 Å². The molecule has 12 atom stereocenters. The first-order valence-electron chi connectivity index (χ1n) is 16.1. The van der Waals surface area contributed by atoms with Crippen LogP contribution in [0.5, 0.6) is 0 Å². The Hall–Kier alpha value is -0.450. The van der Waals surface area contributed by atoms with E-state index >= 15 is 0 Å². The minimum atomic E-state index is -0.671. The van der Waals surface area contributed by atoms with Gasteiger partial charge in [-0.25, -0.2) is 0 Å². The summed E-state index contributed by atoms with van der Waals surface area (Å²) in [7, 11) is 0. The van der Waals surface area contributed by atoms with E-state index in [1.165, 1.54) is 32.1 Å². The molecule has 4 heteroatoms. The number of hydrogen-bond acceptors (Lipinski definition) is 4. The van der Waals surface area contributed by atoms with Crippen LogP contribution >= 0.6 is 0 Å². The number of Topliss-reactive ketones (excluding diaryl/α,β-unsaturated/α-hetero) is 1. The molecule has 1 aliphatic heterocycles. The summed E-state index contributed by atoms with van der Waals surface area (Å²) in [5, 5.41) is 21.4. The standard InChI is InChI=1S/C31H52O4.C2H6/c1-18(2)20-14-27(35-28(34)15-20)19(3)25-17-26(33)29-23-10-9-22(32)16-21-8-6-7-12-30(21,4)24(23)11-13-31(25,29)5;1-2/h18-25,27-29,32,34H,6-17H2,1-5H3;1-2H3/t19?,20?,21?,22-,23?,24?,25?,27?,28?,29?,30+,31-;/m1./s1. The van der Waals surface area contributed by atoms with Gasteiger partial charge in [-0.05, 0) is 104 Å². The van der Waals surface area contributed by atoms with Crippen LogP contribution in [0.2, 0.25) is 0 Å². The van der Waals surface area contributed by atoms with Crippen LogP contribution in [0.15, 0.2) is 0 Å². The molecule has 0 aromatic heterocycles. The van der Waals surface area contributed by atoms with E-state index in [2.05, 4.69) is 34.6 Å². The lowest BCUT2D eigenvalue weighted by atomic mass is 9.46. The average molecular weight is 519 g/mol. The number of ketones is 1. The Morgan fingerprint density at radius 1 is 0.892 bits per heavy atom. The number of hydrogen-bond donors (Lipinski definition) is 2. The van der Waals surface area contributed by atoms with E-state index in [4.69, 9.17) is 4.74 Å². The zero-order valence-corrected chi connectivity index (χ0v) is 25.0. The minimum Gasteiger partial charge on any atom is -0.393 e. The quantitative estimate of drug-likeness (QED) is 0.408. The van der Waals surface area contributed by atoms with Gasteiger partial charge in [0.05, 0.1) is 12.2 Å². The molecule has 1 heterocycles. The van der Waals surface area contributed by atoms with Crippen molar-refractivity contribution in [3.05, 3.63) is 0 Å². The molecule has 37 heavy (non-hydrogen) atoms. The van der Waals surface area contributed by atoms with Crippen LogP contribution in [-0.2, 0) is 9.53 Å². The molecular weight excluding hydrogens is 460 g/mol. The molecule has 0 radical (unpaired) electrons. The molecule has 214 valence electrons. The molecule has 0 bridgehead atoms. The Kier molecular flexibility index (Phi) is 9.24. The lowest BCUT2D eigenvalue weighted by Gasteiger charge is -2.58. The fourth-order valence-electron chi connectivity index (χ4n) is 10.4. The summed E-state index contributed by atoms with van der Waals surface area (Å²) < 4.78 is 6.16. The van der Waals surface area contributed by atoms with Crippen LogP contribution in [0.25, 0.3) is 0 Å². The first-order chi connectivity index (χ1) is 17.5. The largest absolute Gasteiger partial charge is 0.393 e. The summed E-state index contributed by atoms with van der Waals surface area (Å²) >= 11 is 0. The van der Waals surface area contributed by atoms with Crippen molar-refractivity contribution in [2.45, 2.75) is 144 Å². The van der Waals surface area contributed by atoms with Gasteiger partial charge in [-0.15, -0.1) is 0 Å². The third-order valence-corrected chi connectivity index (χ3v) is 12.5. The molecule has 9 unspecified atom stereocenters. The zero-order valence-electron chi connectivity index (χ0n) is 25.0. The normalized spacial score (nSPS) is 49.0. The lowest BCUT2D eigenvalue weighted by Crippen LogP contribution is -2.53. The third kappa shape index (κ3) is 5.34. The molecule has 0 aromatic rings. The molecule has 4 saturated carbocycles. The van der Waals surface area contributed by atoms with Gasteiger partial charge < -0.3 is 14.9 Å². The summed E-state index contributed by atoms with van der Waals surface area (Å²) in [6.07, 6.45) is 11.9. The van der Waals surface area contributed by atoms with Gasteiger partial charge in [0.25, 0.3) is 0 Å². The van der Waals surface area contributed by atoms with Crippen LogP contribution in [0.4, 0.5) is 0 Å². The van der Waals surface area contributed by atoms with Gasteiger partial charge in [0.15, 0.2) is 6.29 Å². The highest BCUT2D eigenvalue weighted by molar-refractivity contribution is 5.85. The summed E-state index contributed by atoms with van der Waals surface area (Å²) in [5.74, 6) is 3.90. The molecule has 5 fully saturated rings. The highest BCUT2D eigenvalue weighted by Gasteiger charge is 2.62. The maximum Gasteiger partial charge on any atom is 0.155 e. The van der Waals surface area contributed by atoms with Gasteiger partial charge in [-0.1, -0.05) is 61.3 Å². The number of carbonyl (C=O) groups is 1. The number of rotatable bonds is 3. The second kappa shape index (κ2) is 11.6. The van der Waals surface area contributed by atoms with Crippen LogP contribution < -0.4 is 0 Å². The second-order valence-corrected chi connectivity index (χ2v) is 14.4. The summed E-state index contributed by atoms with van der Waals surface area (Å²) in [4.78, 5) is 13.9. The molecule has 4 nitrogen and oxygen atoms in total. The van der Waals surface area contributed by atoms with Crippen molar-refractivity contribution in [1.29, 1.82) is 0 Å². The fraction of sp³-hybridized carbons (Fsp3) is 0.970. The maximum atomic E-state index is 13.9. The molecule has 1 saturated heterocycles. The van der Waals surface area contributed by atoms with Gasteiger partial charge >= 0.3 is 0 Å². The minimum absolute atomic E-state index is 0.0153. The fourth-order valence-corrected chi connectivity index (χ4v) is 10.4. The molecule has 0 amide bonds. The molecule has 0 aromatic carbocycles. The molecule has 4 aliphatic carbocycles. The van der Waals surface area contributed by atoms with Gasteiger partial charge in [-0.2, -0.15) is 0 Å². The lowest BCUT2D eigenvalue weighted by molar-refractivity contribution is -0.204. The van der Waals surface area contributed by atoms with Crippen LogP contribution in [0, 0.1) is 58.2 Å². The van der Waals surface area contributed by atoms with Gasteiger partial charge in [-0.3, -0.25) is 4.79 Å². The topological polar surface area (TPSA) is 66.8 Å². The number of fused-ring (bicyclic) bond motifs is 5. The van der Waals surface area contributed by atoms with Crippen molar-refractivity contribution >= 4 is 5.78 Å². The van der Waals surface area contributed by atoms with Crippen LogP contribution in [0.3, 0.4) is 0 Å². The van der Waals surface area contributed by atoms with Gasteiger partial charge in [0.1, 0.15) is 5.78 Å². The monoisotopic (exact) mass is 518 g/mol. The van der Waals surface area contributed by atoms with Gasteiger partial charge in [0.2, 0.25) is 0 Å². The molecule has 5 aliphatic rings. The van der Waals surface area contributed by atoms with E-state index in [1.54, 1.807) is 0 Å². The molecule has 0 spiro atoms. The van der Waals surface area contributed by atoms with E-state index < -0.39 is 6.29 Å². The number of carbonyl (C=O) groups excluding carboxylic acids is 1. The van der Waals surface area contributed by atoms with Crippen molar-refractivity contribution in [3.63, 3.8) is 0 Å². The predicted octanol–water partition coefficient (Wildman–Crippen LogP) is 7.40. The van der Waals surface area contributed by atoms with Crippen molar-refractivity contribution in [2.24, 2.45) is 58.2 Å². The third-order valence-electron chi connectivity index (χ3n) is 12.5. The van der Waals surface area contributed by atoms with E-state index in [-0.39, 0.29) is 34.9 Å². The first kappa shape index (κ1) is 29.5. The first-order valence-corrected chi connectivity index (χ1v) is 16.1. The van der Waals surface area contributed by atoms with Crippen LogP contribution in [-0.4, -0.2) is 34.5 Å². The van der Waals surface area contributed by atoms with E-state index in [0.29, 0.717) is 47.7 Å². The Labute approximate surface area is 227 Å². The van der Waals surface area contributed by atoms with E-state index in [1.807, 2.05) is 13.8 Å². The smallest absolute Gasteiger partial charge is 0.155 e. The summed E-state index contributed by atoms with van der Waals surface area (Å²) in [6.45, 7) is 15.8. The van der Waals surface area contributed by atoms with Crippen molar-refractivity contribution < 1.29 is 19.7 Å². The van der Waals surface area contributed by atoms with Crippen molar-refractivity contribution in [2.75, 3.05) is 0 Å². The zero-order chi connectivity index (χ0) is 27.1. The Balaban J connectivity index is 0.00000156.